The molecule has 0 radical (unpaired) electrons. The molecular formula is C21H21N3O2S2. The van der Waals surface area contributed by atoms with Gasteiger partial charge in [0.2, 0.25) is 11.8 Å². The summed E-state index contributed by atoms with van der Waals surface area (Å²) < 4.78 is 1.06. The summed E-state index contributed by atoms with van der Waals surface area (Å²) in [6.07, 6.45) is 3.19. The van der Waals surface area contributed by atoms with Gasteiger partial charge in [0.25, 0.3) is 0 Å². The zero-order chi connectivity index (χ0) is 19.7. The van der Waals surface area contributed by atoms with Crippen molar-refractivity contribution in [3.05, 3.63) is 48.0 Å². The van der Waals surface area contributed by atoms with Crippen LogP contribution in [0.1, 0.15) is 18.9 Å². The van der Waals surface area contributed by atoms with Gasteiger partial charge in [0.05, 0.1) is 16.1 Å². The van der Waals surface area contributed by atoms with Crippen LogP contribution in [-0.2, 0) is 16.0 Å². The Labute approximate surface area is 172 Å². The molecule has 0 bridgehead atoms. The Morgan fingerprint density at radius 3 is 2.96 bits per heavy atom. The molecule has 7 heteroatoms. The van der Waals surface area contributed by atoms with Crippen molar-refractivity contribution in [2.24, 2.45) is 5.92 Å². The molecule has 2 aromatic carbocycles. The summed E-state index contributed by atoms with van der Waals surface area (Å²) in [5.41, 5.74) is 2.98. The van der Waals surface area contributed by atoms with E-state index in [-0.39, 0.29) is 24.2 Å². The third-order valence-electron chi connectivity index (χ3n) is 4.95. The molecule has 1 aromatic heterocycles. The van der Waals surface area contributed by atoms with Crippen LogP contribution in [0.4, 0.5) is 10.8 Å². The number of nitrogens with zero attached hydrogens (tertiary/aromatic N) is 2. The molecule has 1 fully saturated rings. The van der Waals surface area contributed by atoms with Gasteiger partial charge >= 0.3 is 0 Å². The number of anilines is 2. The van der Waals surface area contributed by atoms with Crippen LogP contribution in [0.2, 0.25) is 0 Å². The lowest BCUT2D eigenvalue weighted by Gasteiger charge is -2.17. The summed E-state index contributed by atoms with van der Waals surface area (Å²) in [5.74, 6) is -0.536. The highest BCUT2D eigenvalue weighted by molar-refractivity contribution is 7.98. The number of amides is 2. The standard InChI is InChI=1S/C21H21N3O2S2/c1-3-13-7-8-17-18(9-13)28-21(22-17)23-20(26)14-10-19(25)24(12-14)15-5-4-6-16(11-15)27-2/h4-9,11,14H,3,10,12H2,1-2H3,(H,22,23,26)/t14-/m1/s1. The van der Waals surface area contributed by atoms with E-state index in [1.54, 1.807) is 16.7 Å². The van der Waals surface area contributed by atoms with Crippen LogP contribution < -0.4 is 10.2 Å². The average Bonchev–Trinajstić information content (AvgIpc) is 3.30. The molecule has 0 aliphatic carbocycles. The van der Waals surface area contributed by atoms with Crippen molar-refractivity contribution in [1.82, 2.24) is 4.98 Å². The zero-order valence-electron chi connectivity index (χ0n) is 15.8. The molecule has 28 heavy (non-hydrogen) atoms. The highest BCUT2D eigenvalue weighted by Crippen LogP contribution is 2.31. The summed E-state index contributed by atoms with van der Waals surface area (Å²) in [7, 11) is 0. The van der Waals surface area contributed by atoms with Crippen molar-refractivity contribution in [2.75, 3.05) is 23.0 Å². The second-order valence-corrected chi connectivity index (χ2v) is 8.68. The van der Waals surface area contributed by atoms with Crippen molar-refractivity contribution in [3.63, 3.8) is 0 Å². The first-order valence-electron chi connectivity index (χ1n) is 9.22. The smallest absolute Gasteiger partial charge is 0.231 e. The van der Waals surface area contributed by atoms with E-state index >= 15 is 0 Å². The Morgan fingerprint density at radius 1 is 1.32 bits per heavy atom. The third kappa shape index (κ3) is 3.77. The van der Waals surface area contributed by atoms with Crippen molar-refractivity contribution < 1.29 is 9.59 Å². The molecule has 1 saturated heterocycles. The van der Waals surface area contributed by atoms with E-state index in [1.807, 2.05) is 36.6 Å². The second kappa shape index (κ2) is 7.93. The van der Waals surface area contributed by atoms with Crippen molar-refractivity contribution in [1.29, 1.82) is 0 Å². The highest BCUT2D eigenvalue weighted by atomic mass is 32.2. The topological polar surface area (TPSA) is 62.3 Å². The normalized spacial score (nSPS) is 16.7. The van der Waals surface area contributed by atoms with Gasteiger partial charge in [-0.15, -0.1) is 11.8 Å². The van der Waals surface area contributed by atoms with Crippen LogP contribution in [0.3, 0.4) is 0 Å². The van der Waals surface area contributed by atoms with Gasteiger partial charge < -0.3 is 10.2 Å². The molecule has 4 rings (SSSR count). The van der Waals surface area contributed by atoms with E-state index in [1.165, 1.54) is 16.9 Å². The molecule has 1 atom stereocenters. The third-order valence-corrected chi connectivity index (χ3v) is 6.61. The lowest BCUT2D eigenvalue weighted by atomic mass is 10.1. The van der Waals surface area contributed by atoms with Crippen molar-refractivity contribution in [3.8, 4) is 0 Å². The molecule has 1 aliphatic heterocycles. The number of nitrogens with one attached hydrogen (secondary N) is 1. The fourth-order valence-corrected chi connectivity index (χ4v) is 4.75. The van der Waals surface area contributed by atoms with E-state index in [2.05, 4.69) is 29.4 Å². The Balaban J connectivity index is 1.47. The summed E-state index contributed by atoms with van der Waals surface area (Å²) in [6, 6.07) is 14.0. The number of hydrogen-bond acceptors (Lipinski definition) is 5. The molecule has 0 spiro atoms. The van der Waals surface area contributed by atoms with Gasteiger partial charge in [0.1, 0.15) is 0 Å². The van der Waals surface area contributed by atoms with E-state index in [9.17, 15) is 9.59 Å². The largest absolute Gasteiger partial charge is 0.312 e. The van der Waals surface area contributed by atoms with E-state index in [4.69, 9.17) is 0 Å². The fraction of sp³-hybridized carbons (Fsp3) is 0.286. The number of hydrogen-bond donors (Lipinski definition) is 1. The number of thiazole rings is 1. The van der Waals surface area contributed by atoms with Crippen LogP contribution in [0.25, 0.3) is 10.2 Å². The SMILES string of the molecule is CCc1ccc2nc(NC(=O)[C@@H]3CC(=O)N(c4cccc(SC)c4)C3)sc2c1. The van der Waals surface area contributed by atoms with Crippen molar-refractivity contribution >= 4 is 55.9 Å². The first-order chi connectivity index (χ1) is 13.6. The Bertz CT molecular complexity index is 1050. The quantitative estimate of drug-likeness (QED) is 0.625. The minimum absolute atomic E-state index is 0.0182. The summed E-state index contributed by atoms with van der Waals surface area (Å²) in [4.78, 5) is 32.5. The summed E-state index contributed by atoms with van der Waals surface area (Å²) in [6.45, 7) is 2.51. The molecule has 0 unspecified atom stereocenters. The van der Waals surface area contributed by atoms with Gasteiger partial charge in [-0.3, -0.25) is 9.59 Å². The van der Waals surface area contributed by atoms with Gasteiger partial charge in [0, 0.05) is 23.5 Å². The van der Waals surface area contributed by atoms with Crippen molar-refractivity contribution in [2.45, 2.75) is 24.7 Å². The average molecular weight is 412 g/mol. The highest BCUT2D eigenvalue weighted by Gasteiger charge is 2.35. The van der Waals surface area contributed by atoms with Gasteiger partial charge in [-0.05, 0) is 48.6 Å². The maximum absolute atomic E-state index is 12.7. The predicted molar refractivity (Wildman–Crippen MR) is 116 cm³/mol. The first kappa shape index (κ1) is 19.0. The minimum atomic E-state index is -0.372. The van der Waals surface area contributed by atoms with Gasteiger partial charge in [-0.1, -0.05) is 30.4 Å². The molecular weight excluding hydrogens is 390 g/mol. The Kier molecular flexibility index (Phi) is 5.37. The predicted octanol–water partition coefficient (Wildman–Crippen LogP) is 4.57. The number of aromatic nitrogens is 1. The molecule has 1 aliphatic rings. The second-order valence-electron chi connectivity index (χ2n) is 6.77. The monoisotopic (exact) mass is 411 g/mol. The molecule has 2 amide bonds. The Hall–Kier alpha value is -2.38. The van der Waals surface area contributed by atoms with E-state index in [0.717, 1.165) is 27.2 Å². The number of benzene rings is 2. The van der Waals surface area contributed by atoms with Crippen LogP contribution in [0, 0.1) is 5.92 Å². The van der Waals surface area contributed by atoms with Crippen LogP contribution in [-0.4, -0.2) is 29.6 Å². The minimum Gasteiger partial charge on any atom is -0.312 e. The maximum Gasteiger partial charge on any atom is 0.231 e. The fourth-order valence-electron chi connectivity index (χ4n) is 3.36. The number of carbonyl (C=O) groups excluding carboxylic acids is 2. The number of carbonyl (C=O) groups is 2. The van der Waals surface area contributed by atoms with E-state index in [0.29, 0.717) is 11.7 Å². The number of thioether (sulfide) groups is 1. The number of fused-ring (bicyclic) bond motifs is 1. The van der Waals surface area contributed by atoms with Crippen LogP contribution in [0.5, 0.6) is 0 Å². The summed E-state index contributed by atoms with van der Waals surface area (Å²) >= 11 is 3.10. The molecule has 3 aromatic rings. The molecule has 2 heterocycles. The van der Waals surface area contributed by atoms with Crippen LogP contribution >= 0.6 is 23.1 Å². The molecule has 5 nitrogen and oxygen atoms in total. The van der Waals surface area contributed by atoms with Crippen LogP contribution in [0.15, 0.2) is 47.4 Å². The van der Waals surface area contributed by atoms with Gasteiger partial charge in [-0.2, -0.15) is 0 Å². The number of aryl methyl sites for hydroxylation is 1. The maximum atomic E-state index is 12.7. The molecule has 1 N–H and O–H groups in total. The number of rotatable bonds is 5. The summed E-state index contributed by atoms with van der Waals surface area (Å²) in [5, 5.41) is 3.50. The Morgan fingerprint density at radius 2 is 2.18 bits per heavy atom. The first-order valence-corrected chi connectivity index (χ1v) is 11.3. The van der Waals surface area contributed by atoms with E-state index < -0.39 is 0 Å². The molecule has 144 valence electrons. The zero-order valence-corrected chi connectivity index (χ0v) is 17.4. The lowest BCUT2D eigenvalue weighted by Crippen LogP contribution is -2.28. The lowest BCUT2D eigenvalue weighted by molar-refractivity contribution is -0.122. The molecule has 0 saturated carbocycles. The van der Waals surface area contributed by atoms with Gasteiger partial charge in [-0.25, -0.2) is 4.98 Å². The van der Waals surface area contributed by atoms with Gasteiger partial charge in [0.15, 0.2) is 5.13 Å².